The summed E-state index contributed by atoms with van der Waals surface area (Å²) in [6.45, 7) is 0.102. The van der Waals surface area contributed by atoms with Gasteiger partial charge in [0.1, 0.15) is 17.6 Å². The highest BCUT2D eigenvalue weighted by Gasteiger charge is 2.14. The number of Topliss-reactive ketones (excluding diaryl/α,β-unsaturated/α-hetero) is 1. The number of ether oxygens (including phenoxy) is 1. The molecule has 0 aliphatic carbocycles. The van der Waals surface area contributed by atoms with Crippen molar-refractivity contribution in [2.24, 2.45) is 0 Å². The van der Waals surface area contributed by atoms with Crippen LogP contribution in [0.4, 0.5) is 0 Å². The molecule has 0 radical (unpaired) electrons. The molecule has 0 saturated carbocycles. The summed E-state index contributed by atoms with van der Waals surface area (Å²) in [5.41, 5.74) is 0.339. The Kier molecular flexibility index (Phi) is 3.86. The minimum Gasteiger partial charge on any atom is -0.507 e. The molecule has 0 aliphatic heterocycles. The number of phenols is 1. The average molecular weight is 220 g/mol. The number of phenolic OH excluding ortho intramolecular Hbond substituents is 1. The molecule has 0 atom stereocenters. The summed E-state index contributed by atoms with van der Waals surface area (Å²) in [5, 5.41) is 21.1. The van der Waals surface area contributed by atoms with Crippen molar-refractivity contribution in [3.8, 4) is 17.6 Å². The molecule has 16 heavy (non-hydrogen) atoms. The molecule has 0 spiro atoms. The second kappa shape index (κ2) is 5.14. The first kappa shape index (κ1) is 12.0. The zero-order chi connectivity index (χ0) is 12.1. The van der Waals surface area contributed by atoms with E-state index < -0.39 is 0 Å². The topological polar surface area (TPSA) is 82.4 Å². The minimum atomic E-state index is -0.279. The second-order valence-electron chi connectivity index (χ2n) is 3.13. The predicted molar refractivity (Wildman–Crippen MR) is 57.6 cm³/mol. The van der Waals surface area contributed by atoms with E-state index in [2.05, 4.69) is 5.32 Å². The number of ketones is 1. The molecule has 84 valence electrons. The number of nitriles is 1. The van der Waals surface area contributed by atoms with Gasteiger partial charge in [0.05, 0.1) is 24.8 Å². The van der Waals surface area contributed by atoms with Gasteiger partial charge in [-0.15, -0.1) is 0 Å². The van der Waals surface area contributed by atoms with Gasteiger partial charge in [0, 0.05) is 6.07 Å². The van der Waals surface area contributed by atoms with Crippen molar-refractivity contribution in [3.63, 3.8) is 0 Å². The smallest absolute Gasteiger partial charge is 0.180 e. The molecule has 0 fully saturated rings. The van der Waals surface area contributed by atoms with E-state index >= 15 is 0 Å². The lowest BCUT2D eigenvalue weighted by Gasteiger charge is -2.07. The van der Waals surface area contributed by atoms with Crippen LogP contribution in [0.15, 0.2) is 12.1 Å². The van der Waals surface area contributed by atoms with E-state index in [9.17, 15) is 9.90 Å². The molecule has 0 bridgehead atoms. The van der Waals surface area contributed by atoms with Crippen molar-refractivity contribution >= 4 is 5.78 Å². The molecular formula is C11H12N2O3. The third kappa shape index (κ3) is 2.30. The molecule has 1 aromatic rings. The normalized spacial score (nSPS) is 9.56. The molecule has 1 aromatic carbocycles. The van der Waals surface area contributed by atoms with Crippen LogP contribution in [0, 0.1) is 11.3 Å². The quantitative estimate of drug-likeness (QED) is 0.729. The van der Waals surface area contributed by atoms with E-state index in [-0.39, 0.29) is 35.0 Å². The van der Waals surface area contributed by atoms with Crippen LogP contribution >= 0.6 is 0 Å². The molecule has 0 heterocycles. The molecule has 0 amide bonds. The number of carbonyl (C=O) groups excluding carboxylic acids is 1. The van der Waals surface area contributed by atoms with E-state index in [4.69, 9.17) is 10.00 Å². The fraction of sp³-hybridized carbons (Fsp3) is 0.273. The van der Waals surface area contributed by atoms with E-state index in [1.807, 2.05) is 6.07 Å². The minimum absolute atomic E-state index is 0.102. The number of hydrogen-bond acceptors (Lipinski definition) is 5. The van der Waals surface area contributed by atoms with Gasteiger partial charge in [-0.25, -0.2) is 0 Å². The molecule has 2 N–H and O–H groups in total. The molecule has 0 saturated heterocycles. The Morgan fingerprint density at radius 2 is 2.31 bits per heavy atom. The van der Waals surface area contributed by atoms with E-state index in [0.29, 0.717) is 0 Å². The van der Waals surface area contributed by atoms with E-state index in [1.165, 1.54) is 19.2 Å². The molecule has 0 aliphatic rings. The van der Waals surface area contributed by atoms with Crippen molar-refractivity contribution in [2.75, 3.05) is 20.7 Å². The van der Waals surface area contributed by atoms with Crippen LogP contribution in [-0.2, 0) is 0 Å². The number of likely N-dealkylation sites (N-methyl/N-ethyl adjacent to an activating group) is 1. The van der Waals surface area contributed by atoms with Gasteiger partial charge >= 0.3 is 0 Å². The SMILES string of the molecule is CNCC(=O)c1cc(C#N)c(OC)cc1O. The average Bonchev–Trinajstić information content (AvgIpc) is 2.28. The maximum atomic E-state index is 11.6. The Labute approximate surface area is 93.3 Å². The van der Waals surface area contributed by atoms with Crippen LogP contribution in [0.1, 0.15) is 15.9 Å². The molecular weight excluding hydrogens is 208 g/mol. The van der Waals surface area contributed by atoms with E-state index in [1.54, 1.807) is 7.05 Å². The first-order chi connectivity index (χ1) is 7.63. The zero-order valence-electron chi connectivity index (χ0n) is 9.07. The van der Waals surface area contributed by atoms with Crippen LogP contribution in [-0.4, -0.2) is 31.6 Å². The number of carbonyl (C=O) groups is 1. The Morgan fingerprint density at radius 3 is 2.81 bits per heavy atom. The maximum absolute atomic E-state index is 11.6. The molecule has 5 nitrogen and oxygen atoms in total. The number of aromatic hydroxyl groups is 1. The lowest BCUT2D eigenvalue weighted by atomic mass is 10.1. The van der Waals surface area contributed by atoms with Crippen LogP contribution < -0.4 is 10.1 Å². The summed E-state index contributed by atoms with van der Waals surface area (Å²) in [6.07, 6.45) is 0. The summed E-state index contributed by atoms with van der Waals surface area (Å²) in [6, 6.07) is 4.49. The van der Waals surface area contributed by atoms with Crippen molar-refractivity contribution < 1.29 is 14.6 Å². The first-order valence-electron chi connectivity index (χ1n) is 4.63. The second-order valence-corrected chi connectivity index (χ2v) is 3.13. The fourth-order valence-corrected chi connectivity index (χ4v) is 1.30. The summed E-state index contributed by atoms with van der Waals surface area (Å²) in [4.78, 5) is 11.6. The molecule has 0 aromatic heterocycles. The first-order valence-corrected chi connectivity index (χ1v) is 4.63. The van der Waals surface area contributed by atoms with Gasteiger partial charge in [-0.1, -0.05) is 0 Å². The van der Waals surface area contributed by atoms with Crippen LogP contribution in [0.5, 0.6) is 11.5 Å². The van der Waals surface area contributed by atoms with Gasteiger partial charge in [0.25, 0.3) is 0 Å². The third-order valence-corrected chi connectivity index (χ3v) is 2.08. The van der Waals surface area contributed by atoms with Gasteiger partial charge in [0.15, 0.2) is 5.78 Å². The van der Waals surface area contributed by atoms with Crippen LogP contribution in [0.25, 0.3) is 0 Å². The van der Waals surface area contributed by atoms with Crippen molar-refractivity contribution in [1.29, 1.82) is 5.26 Å². The van der Waals surface area contributed by atoms with Crippen LogP contribution in [0.2, 0.25) is 0 Å². The summed E-state index contributed by atoms with van der Waals surface area (Å²) >= 11 is 0. The summed E-state index contributed by atoms with van der Waals surface area (Å²) < 4.78 is 4.90. The largest absolute Gasteiger partial charge is 0.507 e. The Hall–Kier alpha value is -2.06. The van der Waals surface area contributed by atoms with Crippen molar-refractivity contribution in [1.82, 2.24) is 5.32 Å². The third-order valence-electron chi connectivity index (χ3n) is 2.08. The monoisotopic (exact) mass is 220 g/mol. The predicted octanol–water partition coefficient (Wildman–Crippen LogP) is 0.675. The standard InChI is InChI=1S/C11H12N2O3/c1-13-6-10(15)8-3-7(5-12)11(16-2)4-9(8)14/h3-4,13-14H,6H2,1-2H3. The van der Waals surface area contributed by atoms with Gasteiger partial charge in [-0.05, 0) is 13.1 Å². The number of hydrogen-bond donors (Lipinski definition) is 2. The number of nitrogens with zero attached hydrogens (tertiary/aromatic N) is 1. The number of rotatable bonds is 4. The summed E-state index contributed by atoms with van der Waals surface area (Å²) in [5.74, 6) is -0.212. The maximum Gasteiger partial charge on any atom is 0.180 e. The van der Waals surface area contributed by atoms with Crippen molar-refractivity contribution in [3.05, 3.63) is 23.3 Å². The lowest BCUT2D eigenvalue weighted by Crippen LogP contribution is -2.18. The van der Waals surface area contributed by atoms with Gasteiger partial charge in [-0.3, -0.25) is 4.79 Å². The summed E-state index contributed by atoms with van der Waals surface area (Å²) in [7, 11) is 3.02. The highest BCUT2D eigenvalue weighted by molar-refractivity contribution is 6.00. The number of methoxy groups -OCH3 is 1. The number of benzene rings is 1. The fourth-order valence-electron chi connectivity index (χ4n) is 1.30. The lowest BCUT2D eigenvalue weighted by molar-refractivity contribution is 0.0991. The van der Waals surface area contributed by atoms with E-state index in [0.717, 1.165) is 0 Å². The number of nitrogens with one attached hydrogen (secondary N) is 1. The molecule has 5 heteroatoms. The zero-order valence-corrected chi connectivity index (χ0v) is 9.07. The van der Waals surface area contributed by atoms with Crippen molar-refractivity contribution in [2.45, 2.75) is 0 Å². The Balaban J connectivity index is 3.22. The molecule has 0 unspecified atom stereocenters. The van der Waals surface area contributed by atoms with Gasteiger partial charge in [0.2, 0.25) is 0 Å². The van der Waals surface area contributed by atoms with Crippen LogP contribution in [0.3, 0.4) is 0 Å². The Morgan fingerprint density at radius 1 is 1.62 bits per heavy atom. The van der Waals surface area contributed by atoms with Gasteiger partial charge < -0.3 is 15.2 Å². The highest BCUT2D eigenvalue weighted by atomic mass is 16.5. The highest BCUT2D eigenvalue weighted by Crippen LogP contribution is 2.27. The Bertz CT molecular complexity index is 449. The van der Waals surface area contributed by atoms with Gasteiger partial charge in [-0.2, -0.15) is 5.26 Å². The molecule has 1 rings (SSSR count).